The lowest BCUT2D eigenvalue weighted by Crippen LogP contribution is -2.35. The molecular formula is C24H19N3O3S2. The van der Waals surface area contributed by atoms with Crippen molar-refractivity contribution in [1.82, 2.24) is 9.88 Å². The van der Waals surface area contributed by atoms with Gasteiger partial charge in [-0.2, -0.15) is 0 Å². The summed E-state index contributed by atoms with van der Waals surface area (Å²) in [7, 11) is 0. The topological polar surface area (TPSA) is 71.5 Å². The van der Waals surface area contributed by atoms with Crippen LogP contribution in [0.3, 0.4) is 0 Å². The zero-order chi connectivity index (χ0) is 21.9. The van der Waals surface area contributed by atoms with Crippen LogP contribution in [0.5, 0.6) is 11.5 Å². The average Bonchev–Trinajstić information content (AvgIpc) is 3.49. The van der Waals surface area contributed by atoms with Crippen LogP contribution in [0, 0.1) is 0 Å². The standard InChI is InChI=1S/C24H19N3O3S2/c28-22(20-11-6-14-31-20)26-24-25-18-12-13-27(15-21(18)32-24)23(29)17-9-4-5-10-19(17)30-16-7-2-1-3-8-16/h1-11,14H,12-13,15H2,(H,25,26,28). The maximum absolute atomic E-state index is 13.3. The van der Waals surface area contributed by atoms with E-state index in [1.807, 2.05) is 53.9 Å². The number of aromatic nitrogens is 1. The molecule has 5 rings (SSSR count). The number of thiazole rings is 1. The number of ether oxygens (including phenoxy) is 1. The Bertz CT molecular complexity index is 1250. The van der Waals surface area contributed by atoms with Crippen LogP contribution in [-0.2, 0) is 13.0 Å². The first-order chi connectivity index (χ1) is 15.7. The van der Waals surface area contributed by atoms with Crippen molar-refractivity contribution in [3.8, 4) is 11.5 Å². The van der Waals surface area contributed by atoms with Gasteiger partial charge in [0.2, 0.25) is 0 Å². The smallest absolute Gasteiger partial charge is 0.267 e. The molecule has 3 heterocycles. The lowest BCUT2D eigenvalue weighted by molar-refractivity contribution is 0.0733. The summed E-state index contributed by atoms with van der Waals surface area (Å²) in [5.41, 5.74) is 1.46. The van der Waals surface area contributed by atoms with Gasteiger partial charge in [0.05, 0.1) is 22.7 Å². The molecule has 0 atom stereocenters. The van der Waals surface area contributed by atoms with E-state index in [9.17, 15) is 9.59 Å². The second-order valence-corrected chi connectivity index (χ2v) is 9.24. The molecule has 0 unspecified atom stereocenters. The van der Waals surface area contributed by atoms with Crippen molar-refractivity contribution in [3.63, 3.8) is 0 Å². The Labute approximate surface area is 193 Å². The van der Waals surface area contributed by atoms with E-state index in [2.05, 4.69) is 10.3 Å². The summed E-state index contributed by atoms with van der Waals surface area (Å²) in [6.45, 7) is 1.02. The molecule has 0 spiro atoms. The molecule has 2 amide bonds. The summed E-state index contributed by atoms with van der Waals surface area (Å²) >= 11 is 2.81. The lowest BCUT2D eigenvalue weighted by atomic mass is 10.1. The molecule has 0 saturated heterocycles. The molecule has 6 nitrogen and oxygen atoms in total. The van der Waals surface area contributed by atoms with Crippen LogP contribution in [0.1, 0.15) is 30.6 Å². The minimum Gasteiger partial charge on any atom is -0.457 e. The van der Waals surface area contributed by atoms with E-state index < -0.39 is 0 Å². The SMILES string of the molecule is O=C(Nc1nc2c(s1)CN(C(=O)c1ccccc1Oc1ccccc1)CC2)c1cccs1. The summed E-state index contributed by atoms with van der Waals surface area (Å²) in [4.78, 5) is 33.7. The van der Waals surface area contributed by atoms with Crippen molar-refractivity contribution in [2.45, 2.75) is 13.0 Å². The van der Waals surface area contributed by atoms with Gasteiger partial charge in [-0.15, -0.1) is 11.3 Å². The van der Waals surface area contributed by atoms with Gasteiger partial charge < -0.3 is 9.64 Å². The number of amides is 2. The molecule has 1 N–H and O–H groups in total. The van der Waals surface area contributed by atoms with Gasteiger partial charge in [-0.05, 0) is 35.7 Å². The van der Waals surface area contributed by atoms with Crippen molar-refractivity contribution < 1.29 is 14.3 Å². The first-order valence-electron chi connectivity index (χ1n) is 10.1. The number of thiophene rings is 1. The maximum Gasteiger partial charge on any atom is 0.267 e. The summed E-state index contributed by atoms with van der Waals surface area (Å²) in [5.74, 6) is 0.968. The Morgan fingerprint density at radius 2 is 1.81 bits per heavy atom. The molecular weight excluding hydrogens is 442 g/mol. The monoisotopic (exact) mass is 461 g/mol. The van der Waals surface area contributed by atoms with Crippen LogP contribution in [0.2, 0.25) is 0 Å². The predicted molar refractivity (Wildman–Crippen MR) is 126 cm³/mol. The molecule has 1 aliphatic heterocycles. The van der Waals surface area contributed by atoms with Crippen LogP contribution < -0.4 is 10.1 Å². The molecule has 1 aliphatic rings. The van der Waals surface area contributed by atoms with E-state index in [0.717, 1.165) is 10.6 Å². The van der Waals surface area contributed by atoms with E-state index in [1.54, 1.807) is 23.1 Å². The summed E-state index contributed by atoms with van der Waals surface area (Å²) in [6.07, 6.45) is 0.647. The minimum atomic E-state index is -0.161. The van der Waals surface area contributed by atoms with Crippen molar-refractivity contribution in [2.75, 3.05) is 11.9 Å². The van der Waals surface area contributed by atoms with E-state index >= 15 is 0 Å². The van der Waals surface area contributed by atoms with E-state index in [-0.39, 0.29) is 11.8 Å². The molecule has 0 radical (unpaired) electrons. The number of nitrogens with one attached hydrogen (secondary N) is 1. The number of carbonyl (C=O) groups excluding carboxylic acids is 2. The Hall–Kier alpha value is -3.49. The Balaban J connectivity index is 1.31. The molecule has 2 aromatic carbocycles. The van der Waals surface area contributed by atoms with Crippen molar-refractivity contribution in [2.24, 2.45) is 0 Å². The fourth-order valence-corrected chi connectivity index (χ4v) is 5.14. The molecule has 0 saturated carbocycles. The summed E-state index contributed by atoms with van der Waals surface area (Å²) < 4.78 is 5.97. The van der Waals surface area contributed by atoms with Gasteiger partial charge in [-0.3, -0.25) is 14.9 Å². The normalized spacial score (nSPS) is 12.8. The zero-order valence-electron chi connectivity index (χ0n) is 17.0. The van der Waals surface area contributed by atoms with Crippen LogP contribution in [0.25, 0.3) is 0 Å². The number of hydrogen-bond acceptors (Lipinski definition) is 6. The molecule has 8 heteroatoms. The average molecular weight is 462 g/mol. The third-order valence-corrected chi connectivity index (χ3v) is 6.94. The van der Waals surface area contributed by atoms with Gasteiger partial charge >= 0.3 is 0 Å². The molecule has 32 heavy (non-hydrogen) atoms. The van der Waals surface area contributed by atoms with Gasteiger partial charge in [-0.25, -0.2) is 4.98 Å². The number of hydrogen-bond donors (Lipinski definition) is 1. The second-order valence-electron chi connectivity index (χ2n) is 7.21. The molecule has 4 aromatic rings. The van der Waals surface area contributed by atoms with Crippen LogP contribution >= 0.6 is 22.7 Å². The van der Waals surface area contributed by atoms with Crippen LogP contribution in [-0.4, -0.2) is 28.2 Å². The van der Waals surface area contributed by atoms with Gasteiger partial charge in [0.25, 0.3) is 11.8 Å². The maximum atomic E-state index is 13.3. The van der Waals surface area contributed by atoms with Crippen molar-refractivity contribution in [3.05, 3.63) is 93.1 Å². The Kier molecular flexibility index (Phi) is 5.70. The summed E-state index contributed by atoms with van der Waals surface area (Å²) in [5, 5.41) is 5.30. The number of rotatable bonds is 5. The fourth-order valence-electron chi connectivity index (χ4n) is 3.51. The van der Waals surface area contributed by atoms with Gasteiger partial charge in [0, 0.05) is 17.8 Å². The predicted octanol–water partition coefficient (Wildman–Crippen LogP) is 5.45. The second kappa shape index (κ2) is 8.94. The highest BCUT2D eigenvalue weighted by Crippen LogP contribution is 2.31. The van der Waals surface area contributed by atoms with E-state index in [1.165, 1.54) is 22.7 Å². The van der Waals surface area contributed by atoms with Gasteiger partial charge in [0.1, 0.15) is 11.5 Å². The highest BCUT2D eigenvalue weighted by Gasteiger charge is 2.27. The zero-order valence-corrected chi connectivity index (χ0v) is 18.6. The largest absolute Gasteiger partial charge is 0.457 e. The quantitative estimate of drug-likeness (QED) is 0.429. The number of para-hydroxylation sites is 2. The van der Waals surface area contributed by atoms with Crippen molar-refractivity contribution >= 4 is 39.6 Å². The van der Waals surface area contributed by atoms with Crippen molar-refractivity contribution in [1.29, 1.82) is 0 Å². The van der Waals surface area contributed by atoms with Crippen LogP contribution in [0.15, 0.2) is 72.1 Å². The molecule has 0 aliphatic carbocycles. The fraction of sp³-hybridized carbons (Fsp3) is 0.125. The molecule has 0 fully saturated rings. The number of anilines is 1. The summed E-state index contributed by atoms with van der Waals surface area (Å²) in [6, 6.07) is 20.3. The molecule has 160 valence electrons. The number of benzene rings is 2. The Morgan fingerprint density at radius 3 is 2.62 bits per heavy atom. The highest BCUT2D eigenvalue weighted by molar-refractivity contribution is 7.16. The molecule has 2 aromatic heterocycles. The van der Waals surface area contributed by atoms with Crippen LogP contribution in [0.4, 0.5) is 5.13 Å². The third kappa shape index (κ3) is 4.28. The van der Waals surface area contributed by atoms with Gasteiger partial charge in [0.15, 0.2) is 5.13 Å². The number of fused-ring (bicyclic) bond motifs is 1. The lowest BCUT2D eigenvalue weighted by Gasteiger charge is -2.26. The minimum absolute atomic E-state index is 0.0836. The first-order valence-corrected chi connectivity index (χ1v) is 11.8. The number of carbonyl (C=O) groups is 2. The van der Waals surface area contributed by atoms with Gasteiger partial charge in [-0.1, -0.05) is 47.7 Å². The van der Waals surface area contributed by atoms with E-state index in [0.29, 0.717) is 46.6 Å². The third-order valence-electron chi connectivity index (χ3n) is 5.07. The highest BCUT2D eigenvalue weighted by atomic mass is 32.1. The number of nitrogens with zero attached hydrogens (tertiary/aromatic N) is 2. The Morgan fingerprint density at radius 1 is 1.00 bits per heavy atom. The van der Waals surface area contributed by atoms with E-state index in [4.69, 9.17) is 4.74 Å². The first kappa shape index (κ1) is 20.4. The molecule has 0 bridgehead atoms.